The van der Waals surface area contributed by atoms with Gasteiger partial charge in [-0.25, -0.2) is 0 Å². The Morgan fingerprint density at radius 1 is 1.47 bits per heavy atom. The summed E-state index contributed by atoms with van der Waals surface area (Å²) in [5.74, 6) is -0.219. The molecule has 17 heavy (non-hydrogen) atoms. The van der Waals surface area contributed by atoms with Crippen LogP contribution in [-0.2, 0) is 16.1 Å². The predicted molar refractivity (Wildman–Crippen MR) is 63.9 cm³/mol. The Balaban J connectivity index is 1.88. The molecule has 1 aromatic carbocycles. The number of anilines is 1. The van der Waals surface area contributed by atoms with E-state index in [0.29, 0.717) is 25.1 Å². The molecule has 1 saturated heterocycles. The maximum atomic E-state index is 11.7. The average molecular weight is 233 g/mol. The van der Waals surface area contributed by atoms with Crippen molar-refractivity contribution in [2.24, 2.45) is 0 Å². The van der Waals surface area contributed by atoms with Crippen LogP contribution in [0.1, 0.15) is 18.4 Å². The van der Waals surface area contributed by atoms with Crippen molar-refractivity contribution in [3.63, 3.8) is 0 Å². The van der Waals surface area contributed by atoms with Crippen LogP contribution in [0.3, 0.4) is 0 Å². The van der Waals surface area contributed by atoms with Crippen LogP contribution in [-0.4, -0.2) is 17.9 Å². The predicted octanol–water partition coefficient (Wildman–Crippen LogP) is 0.164. The average Bonchev–Trinajstić information content (AvgIpc) is 2.74. The van der Waals surface area contributed by atoms with Crippen molar-refractivity contribution in [2.75, 3.05) is 5.73 Å². The van der Waals surface area contributed by atoms with Gasteiger partial charge in [-0.15, -0.1) is 0 Å². The fraction of sp³-hybridized carbons (Fsp3) is 0.333. The Labute approximate surface area is 99.4 Å². The second-order valence-corrected chi connectivity index (χ2v) is 4.08. The number of nitrogens with two attached hydrogens (primary N) is 1. The maximum absolute atomic E-state index is 11.7. The Bertz CT molecular complexity index is 445. The fourth-order valence-corrected chi connectivity index (χ4v) is 1.81. The molecule has 5 nitrogen and oxygen atoms in total. The van der Waals surface area contributed by atoms with Crippen LogP contribution in [0, 0.1) is 0 Å². The molecule has 2 amide bonds. The lowest BCUT2D eigenvalue weighted by molar-refractivity contribution is -0.125. The zero-order valence-electron chi connectivity index (χ0n) is 9.40. The third-order valence-corrected chi connectivity index (χ3v) is 2.82. The van der Waals surface area contributed by atoms with Crippen molar-refractivity contribution < 1.29 is 9.59 Å². The molecule has 90 valence electrons. The summed E-state index contributed by atoms with van der Waals surface area (Å²) in [4.78, 5) is 22.7. The van der Waals surface area contributed by atoms with E-state index in [1.54, 1.807) is 6.07 Å². The van der Waals surface area contributed by atoms with Gasteiger partial charge in [0.2, 0.25) is 11.8 Å². The van der Waals surface area contributed by atoms with E-state index in [0.717, 1.165) is 5.56 Å². The van der Waals surface area contributed by atoms with Crippen LogP contribution in [0.2, 0.25) is 0 Å². The van der Waals surface area contributed by atoms with E-state index < -0.39 is 6.04 Å². The van der Waals surface area contributed by atoms with Gasteiger partial charge in [0.15, 0.2) is 0 Å². The van der Waals surface area contributed by atoms with E-state index in [-0.39, 0.29) is 11.8 Å². The Hall–Kier alpha value is -2.04. The molecule has 0 aliphatic carbocycles. The van der Waals surface area contributed by atoms with Gasteiger partial charge in [-0.2, -0.15) is 0 Å². The zero-order valence-corrected chi connectivity index (χ0v) is 9.40. The first-order valence-electron chi connectivity index (χ1n) is 5.57. The number of rotatable bonds is 3. The SMILES string of the molecule is Nc1ccccc1CNC(=O)C1CCC(=O)N1. The summed E-state index contributed by atoms with van der Waals surface area (Å²) < 4.78 is 0. The normalized spacial score (nSPS) is 18.8. The molecule has 0 aromatic heterocycles. The Morgan fingerprint density at radius 3 is 2.88 bits per heavy atom. The van der Waals surface area contributed by atoms with Gasteiger partial charge < -0.3 is 16.4 Å². The minimum Gasteiger partial charge on any atom is -0.398 e. The first-order valence-corrected chi connectivity index (χ1v) is 5.57. The smallest absolute Gasteiger partial charge is 0.242 e. The standard InChI is InChI=1S/C12H15N3O2/c13-9-4-2-1-3-8(9)7-14-12(17)10-5-6-11(16)15-10/h1-4,10H,5-7,13H2,(H,14,17)(H,15,16). The first-order chi connectivity index (χ1) is 8.16. The fourth-order valence-electron chi connectivity index (χ4n) is 1.81. The van der Waals surface area contributed by atoms with Crippen LogP contribution in [0.15, 0.2) is 24.3 Å². The number of hydrogen-bond donors (Lipinski definition) is 3. The summed E-state index contributed by atoms with van der Waals surface area (Å²) in [6, 6.07) is 6.97. The van der Waals surface area contributed by atoms with Gasteiger partial charge in [0.1, 0.15) is 6.04 Å². The monoisotopic (exact) mass is 233 g/mol. The van der Waals surface area contributed by atoms with E-state index in [4.69, 9.17) is 5.73 Å². The minimum absolute atomic E-state index is 0.0654. The Morgan fingerprint density at radius 2 is 2.24 bits per heavy atom. The quantitative estimate of drug-likeness (QED) is 0.650. The molecule has 1 heterocycles. The number of para-hydroxylation sites is 1. The highest BCUT2D eigenvalue weighted by molar-refractivity contribution is 5.90. The molecule has 1 aliphatic heterocycles. The molecule has 1 fully saturated rings. The first kappa shape index (κ1) is 11.4. The number of amides is 2. The third-order valence-electron chi connectivity index (χ3n) is 2.82. The van der Waals surface area contributed by atoms with E-state index in [1.165, 1.54) is 0 Å². The van der Waals surface area contributed by atoms with E-state index in [1.807, 2.05) is 18.2 Å². The van der Waals surface area contributed by atoms with Crippen LogP contribution in [0.4, 0.5) is 5.69 Å². The van der Waals surface area contributed by atoms with Gasteiger partial charge in [0.05, 0.1) is 0 Å². The molecule has 0 saturated carbocycles. The number of carbonyl (C=O) groups excluding carboxylic acids is 2. The van der Waals surface area contributed by atoms with Crippen molar-refractivity contribution in [2.45, 2.75) is 25.4 Å². The summed E-state index contributed by atoms with van der Waals surface area (Å²) in [7, 11) is 0. The largest absolute Gasteiger partial charge is 0.398 e. The summed E-state index contributed by atoms with van der Waals surface area (Å²) in [5.41, 5.74) is 7.30. The van der Waals surface area contributed by atoms with Crippen LogP contribution < -0.4 is 16.4 Å². The second-order valence-electron chi connectivity index (χ2n) is 4.08. The van der Waals surface area contributed by atoms with Gasteiger partial charge in [0, 0.05) is 18.7 Å². The van der Waals surface area contributed by atoms with Crippen molar-refractivity contribution >= 4 is 17.5 Å². The summed E-state index contributed by atoms with van der Waals surface area (Å²) in [5, 5.41) is 5.39. The molecule has 1 aliphatic rings. The lowest BCUT2D eigenvalue weighted by atomic mass is 10.1. The van der Waals surface area contributed by atoms with E-state index >= 15 is 0 Å². The number of carbonyl (C=O) groups is 2. The van der Waals surface area contributed by atoms with Crippen molar-refractivity contribution in [1.29, 1.82) is 0 Å². The van der Waals surface area contributed by atoms with Crippen LogP contribution >= 0.6 is 0 Å². The highest BCUT2D eigenvalue weighted by Crippen LogP contribution is 2.11. The van der Waals surface area contributed by atoms with Crippen molar-refractivity contribution in [3.05, 3.63) is 29.8 Å². The highest BCUT2D eigenvalue weighted by Gasteiger charge is 2.26. The lowest BCUT2D eigenvalue weighted by Crippen LogP contribution is -2.41. The molecule has 0 bridgehead atoms. The summed E-state index contributed by atoms with van der Waals surface area (Å²) >= 11 is 0. The summed E-state index contributed by atoms with van der Waals surface area (Å²) in [6.45, 7) is 0.387. The summed E-state index contributed by atoms with van der Waals surface area (Å²) in [6.07, 6.45) is 0.987. The van der Waals surface area contributed by atoms with Crippen molar-refractivity contribution in [3.8, 4) is 0 Å². The van der Waals surface area contributed by atoms with Gasteiger partial charge in [-0.1, -0.05) is 18.2 Å². The van der Waals surface area contributed by atoms with E-state index in [2.05, 4.69) is 10.6 Å². The third kappa shape index (κ3) is 2.75. The van der Waals surface area contributed by atoms with Gasteiger partial charge in [-0.05, 0) is 18.1 Å². The molecule has 0 spiro atoms. The number of hydrogen-bond acceptors (Lipinski definition) is 3. The molecular weight excluding hydrogens is 218 g/mol. The molecule has 4 N–H and O–H groups in total. The second kappa shape index (κ2) is 4.86. The number of nitrogens with one attached hydrogen (secondary N) is 2. The molecule has 1 unspecified atom stereocenters. The van der Waals surface area contributed by atoms with Crippen LogP contribution in [0.5, 0.6) is 0 Å². The van der Waals surface area contributed by atoms with Crippen molar-refractivity contribution in [1.82, 2.24) is 10.6 Å². The molecule has 2 rings (SSSR count). The minimum atomic E-state index is -0.396. The lowest BCUT2D eigenvalue weighted by Gasteiger charge is -2.11. The zero-order chi connectivity index (χ0) is 12.3. The molecule has 5 heteroatoms. The Kier molecular flexibility index (Phi) is 3.27. The number of benzene rings is 1. The molecular formula is C12H15N3O2. The van der Waals surface area contributed by atoms with Crippen LogP contribution in [0.25, 0.3) is 0 Å². The number of nitrogen functional groups attached to an aromatic ring is 1. The maximum Gasteiger partial charge on any atom is 0.242 e. The molecule has 1 atom stereocenters. The van der Waals surface area contributed by atoms with E-state index in [9.17, 15) is 9.59 Å². The van der Waals surface area contributed by atoms with Gasteiger partial charge in [0.25, 0.3) is 0 Å². The van der Waals surface area contributed by atoms with Gasteiger partial charge >= 0.3 is 0 Å². The topological polar surface area (TPSA) is 84.2 Å². The molecule has 0 radical (unpaired) electrons. The highest BCUT2D eigenvalue weighted by atomic mass is 16.2. The van der Waals surface area contributed by atoms with Gasteiger partial charge in [-0.3, -0.25) is 9.59 Å². The molecule has 1 aromatic rings.